The highest BCUT2D eigenvalue weighted by molar-refractivity contribution is 7.80. The van der Waals surface area contributed by atoms with Crippen molar-refractivity contribution < 1.29 is 4.39 Å². The number of anilines is 1. The number of benzene rings is 1. The van der Waals surface area contributed by atoms with E-state index in [0.29, 0.717) is 23.5 Å². The van der Waals surface area contributed by atoms with Crippen molar-refractivity contribution in [2.24, 2.45) is 5.73 Å². The van der Waals surface area contributed by atoms with Crippen molar-refractivity contribution in [2.75, 3.05) is 5.32 Å². The number of pyridine rings is 1. The molecule has 0 aliphatic heterocycles. The standard InChI is InChI=1S/C13H12FN3S/c14-10-5-2-1-4-9(10)8-17-11-6-3-7-16-12(11)13(15)18/h1-7,17H,8H2,(H2,15,18). The highest BCUT2D eigenvalue weighted by Crippen LogP contribution is 2.14. The van der Waals surface area contributed by atoms with Crippen LogP contribution in [-0.4, -0.2) is 9.97 Å². The fraction of sp³-hybridized carbons (Fsp3) is 0.0769. The molecule has 0 saturated carbocycles. The van der Waals surface area contributed by atoms with Crippen molar-refractivity contribution in [1.29, 1.82) is 0 Å². The van der Waals surface area contributed by atoms with Gasteiger partial charge in [0, 0.05) is 18.3 Å². The molecule has 0 bridgehead atoms. The van der Waals surface area contributed by atoms with Gasteiger partial charge in [0.1, 0.15) is 16.5 Å². The molecule has 0 saturated heterocycles. The molecule has 2 rings (SSSR count). The molecule has 1 aromatic heterocycles. The number of nitrogens with two attached hydrogens (primary N) is 1. The van der Waals surface area contributed by atoms with E-state index in [2.05, 4.69) is 10.3 Å². The zero-order valence-electron chi connectivity index (χ0n) is 9.56. The number of thiocarbonyl (C=S) groups is 1. The minimum atomic E-state index is -0.245. The monoisotopic (exact) mass is 261 g/mol. The van der Waals surface area contributed by atoms with Crippen LogP contribution in [0.3, 0.4) is 0 Å². The van der Waals surface area contributed by atoms with Crippen LogP contribution in [0.25, 0.3) is 0 Å². The third-order valence-electron chi connectivity index (χ3n) is 2.47. The fourth-order valence-electron chi connectivity index (χ4n) is 1.58. The molecule has 1 heterocycles. The average Bonchev–Trinajstić information content (AvgIpc) is 2.38. The van der Waals surface area contributed by atoms with E-state index in [1.807, 2.05) is 6.07 Å². The number of rotatable bonds is 4. The van der Waals surface area contributed by atoms with Crippen LogP contribution < -0.4 is 11.1 Å². The molecule has 2 aromatic rings. The molecule has 0 aliphatic rings. The first-order valence-corrected chi connectivity index (χ1v) is 5.81. The van der Waals surface area contributed by atoms with Crippen LogP contribution in [0.2, 0.25) is 0 Å². The Morgan fingerprint density at radius 1 is 1.28 bits per heavy atom. The van der Waals surface area contributed by atoms with Crippen molar-refractivity contribution in [3.8, 4) is 0 Å². The van der Waals surface area contributed by atoms with Gasteiger partial charge in [-0.1, -0.05) is 30.4 Å². The van der Waals surface area contributed by atoms with Crippen LogP contribution in [0.4, 0.5) is 10.1 Å². The zero-order chi connectivity index (χ0) is 13.0. The summed E-state index contributed by atoms with van der Waals surface area (Å²) in [4.78, 5) is 4.30. The largest absolute Gasteiger partial charge is 0.388 e. The molecule has 0 atom stereocenters. The van der Waals surface area contributed by atoms with E-state index in [4.69, 9.17) is 18.0 Å². The zero-order valence-corrected chi connectivity index (χ0v) is 10.4. The predicted molar refractivity (Wildman–Crippen MR) is 73.9 cm³/mol. The lowest BCUT2D eigenvalue weighted by Gasteiger charge is -2.10. The van der Waals surface area contributed by atoms with E-state index in [0.717, 1.165) is 0 Å². The molecule has 3 nitrogen and oxygen atoms in total. The molecule has 0 radical (unpaired) electrons. The van der Waals surface area contributed by atoms with E-state index >= 15 is 0 Å². The molecule has 0 aliphatic carbocycles. The minimum Gasteiger partial charge on any atom is -0.388 e. The third-order valence-corrected chi connectivity index (χ3v) is 2.66. The molecule has 18 heavy (non-hydrogen) atoms. The normalized spacial score (nSPS) is 10.1. The summed E-state index contributed by atoms with van der Waals surface area (Å²) >= 11 is 4.91. The van der Waals surface area contributed by atoms with E-state index in [1.165, 1.54) is 6.07 Å². The van der Waals surface area contributed by atoms with Gasteiger partial charge in [-0.15, -0.1) is 0 Å². The van der Waals surface area contributed by atoms with Crippen molar-refractivity contribution >= 4 is 22.9 Å². The third kappa shape index (κ3) is 2.81. The highest BCUT2D eigenvalue weighted by atomic mass is 32.1. The molecular formula is C13H12FN3S. The number of nitrogens with one attached hydrogen (secondary N) is 1. The molecule has 0 amide bonds. The Hall–Kier alpha value is -2.01. The van der Waals surface area contributed by atoms with Crippen LogP contribution in [-0.2, 0) is 6.54 Å². The first-order chi connectivity index (χ1) is 8.68. The van der Waals surface area contributed by atoms with E-state index < -0.39 is 0 Å². The van der Waals surface area contributed by atoms with Gasteiger partial charge in [-0.3, -0.25) is 4.98 Å². The molecule has 3 N–H and O–H groups in total. The lowest BCUT2D eigenvalue weighted by atomic mass is 10.2. The summed E-state index contributed by atoms with van der Waals surface area (Å²) in [6.45, 7) is 0.355. The van der Waals surface area contributed by atoms with Crippen molar-refractivity contribution in [3.63, 3.8) is 0 Å². The summed E-state index contributed by atoms with van der Waals surface area (Å²) in [6.07, 6.45) is 1.61. The Morgan fingerprint density at radius 3 is 2.78 bits per heavy atom. The second kappa shape index (κ2) is 5.55. The summed E-state index contributed by atoms with van der Waals surface area (Å²) in [5, 5.41) is 3.08. The summed E-state index contributed by atoms with van der Waals surface area (Å²) in [6, 6.07) is 10.2. The molecule has 1 aromatic carbocycles. The van der Waals surface area contributed by atoms with Crippen LogP contribution in [0.15, 0.2) is 42.6 Å². The Labute approximate surface area is 110 Å². The number of hydrogen-bond acceptors (Lipinski definition) is 3. The smallest absolute Gasteiger partial charge is 0.128 e. The van der Waals surface area contributed by atoms with Crippen molar-refractivity contribution in [1.82, 2.24) is 4.98 Å². The van der Waals surface area contributed by atoms with Gasteiger partial charge in [0.05, 0.1) is 5.69 Å². The summed E-state index contributed by atoms with van der Waals surface area (Å²) in [5.74, 6) is -0.245. The van der Waals surface area contributed by atoms with Crippen molar-refractivity contribution in [2.45, 2.75) is 6.54 Å². The molecule has 5 heteroatoms. The molecule has 92 valence electrons. The van der Waals surface area contributed by atoms with Crippen LogP contribution in [0.1, 0.15) is 11.3 Å². The maximum atomic E-state index is 13.4. The van der Waals surface area contributed by atoms with Gasteiger partial charge in [-0.2, -0.15) is 0 Å². The first-order valence-electron chi connectivity index (χ1n) is 5.40. The quantitative estimate of drug-likeness (QED) is 0.830. The second-order valence-electron chi connectivity index (χ2n) is 3.71. The summed E-state index contributed by atoms with van der Waals surface area (Å²) in [7, 11) is 0. The predicted octanol–water partition coefficient (Wildman–Crippen LogP) is 2.47. The van der Waals surface area contributed by atoms with E-state index in [1.54, 1.807) is 30.5 Å². The SMILES string of the molecule is NC(=S)c1ncccc1NCc1ccccc1F. The Morgan fingerprint density at radius 2 is 2.06 bits per heavy atom. The molecular weight excluding hydrogens is 249 g/mol. The number of aromatic nitrogens is 1. The highest BCUT2D eigenvalue weighted by Gasteiger charge is 2.06. The minimum absolute atomic E-state index is 0.214. The van der Waals surface area contributed by atoms with E-state index in [-0.39, 0.29) is 10.8 Å². The van der Waals surface area contributed by atoms with Gasteiger partial charge in [-0.05, 0) is 18.2 Å². The summed E-state index contributed by atoms with van der Waals surface area (Å²) in [5.41, 5.74) is 7.37. The Balaban J connectivity index is 2.16. The lowest BCUT2D eigenvalue weighted by molar-refractivity contribution is 0.613. The van der Waals surface area contributed by atoms with Crippen LogP contribution in [0.5, 0.6) is 0 Å². The van der Waals surface area contributed by atoms with E-state index in [9.17, 15) is 4.39 Å². The van der Waals surface area contributed by atoms with Gasteiger partial charge in [0.25, 0.3) is 0 Å². The first kappa shape index (κ1) is 12.4. The molecule has 0 fully saturated rings. The maximum Gasteiger partial charge on any atom is 0.128 e. The van der Waals surface area contributed by atoms with Crippen LogP contribution >= 0.6 is 12.2 Å². The van der Waals surface area contributed by atoms with Gasteiger partial charge in [0.15, 0.2) is 0 Å². The Bertz CT molecular complexity index is 572. The number of nitrogens with zero attached hydrogens (tertiary/aromatic N) is 1. The fourth-order valence-corrected chi connectivity index (χ4v) is 1.74. The lowest BCUT2D eigenvalue weighted by Crippen LogP contribution is -2.15. The second-order valence-corrected chi connectivity index (χ2v) is 4.15. The van der Waals surface area contributed by atoms with Crippen LogP contribution in [0, 0.1) is 5.82 Å². The summed E-state index contributed by atoms with van der Waals surface area (Å²) < 4.78 is 13.4. The number of hydrogen-bond donors (Lipinski definition) is 2. The molecule has 0 spiro atoms. The number of halogens is 1. The average molecular weight is 261 g/mol. The topological polar surface area (TPSA) is 50.9 Å². The van der Waals surface area contributed by atoms with Gasteiger partial charge in [0.2, 0.25) is 0 Å². The maximum absolute atomic E-state index is 13.4. The molecule has 0 unspecified atom stereocenters. The van der Waals surface area contributed by atoms with Gasteiger partial charge < -0.3 is 11.1 Å². The van der Waals surface area contributed by atoms with Crippen molar-refractivity contribution in [3.05, 3.63) is 59.7 Å². The van der Waals surface area contributed by atoms with Gasteiger partial charge in [-0.25, -0.2) is 4.39 Å². The Kier molecular flexibility index (Phi) is 3.84. The van der Waals surface area contributed by atoms with Gasteiger partial charge >= 0.3 is 0 Å².